The van der Waals surface area contributed by atoms with Gasteiger partial charge in [-0.05, 0) is 22.4 Å². The van der Waals surface area contributed by atoms with E-state index in [-0.39, 0.29) is 13.2 Å². The van der Waals surface area contributed by atoms with Gasteiger partial charge in [0.25, 0.3) is 0 Å². The van der Waals surface area contributed by atoms with E-state index in [1.807, 2.05) is 18.2 Å². The van der Waals surface area contributed by atoms with E-state index < -0.39 is 0 Å². The van der Waals surface area contributed by atoms with Gasteiger partial charge < -0.3 is 10.2 Å². The number of rotatable bonds is 3. The molecule has 2 N–H and O–H groups in total. The molecule has 1 rings (SSSR count). The van der Waals surface area contributed by atoms with E-state index in [2.05, 4.69) is 6.58 Å². The highest BCUT2D eigenvalue weighted by Gasteiger charge is 1.93. The van der Waals surface area contributed by atoms with Crippen LogP contribution in [0.4, 0.5) is 0 Å². The monoisotopic (exact) mass is 178 g/mol. The summed E-state index contributed by atoms with van der Waals surface area (Å²) < 4.78 is 0. The molecule has 0 aliphatic rings. The molecule has 2 nitrogen and oxygen atoms in total. The lowest BCUT2D eigenvalue weighted by atomic mass is 10.1. The SMILES string of the molecule is C=c1ccc(=CCO)c(CCO)c1. The molecule has 0 saturated carbocycles. The zero-order valence-corrected chi connectivity index (χ0v) is 7.53. The Hall–Kier alpha value is -1.12. The van der Waals surface area contributed by atoms with Crippen molar-refractivity contribution in [1.82, 2.24) is 0 Å². The number of hydrogen-bond donors (Lipinski definition) is 2. The summed E-state index contributed by atoms with van der Waals surface area (Å²) in [7, 11) is 0. The highest BCUT2D eigenvalue weighted by atomic mass is 16.3. The molecule has 0 aliphatic carbocycles. The lowest BCUT2D eigenvalue weighted by molar-refractivity contribution is 0.299. The summed E-state index contributed by atoms with van der Waals surface area (Å²) in [5, 5.41) is 19.5. The van der Waals surface area contributed by atoms with E-state index in [1.54, 1.807) is 6.08 Å². The first kappa shape index (κ1) is 9.96. The highest BCUT2D eigenvalue weighted by molar-refractivity contribution is 5.31. The third-order valence-corrected chi connectivity index (χ3v) is 1.90. The van der Waals surface area contributed by atoms with Crippen LogP contribution in [0.25, 0.3) is 12.7 Å². The Morgan fingerprint density at radius 1 is 1.31 bits per heavy atom. The van der Waals surface area contributed by atoms with Gasteiger partial charge in [0.05, 0.1) is 6.61 Å². The fourth-order valence-corrected chi connectivity index (χ4v) is 1.29. The maximum atomic E-state index is 8.81. The van der Waals surface area contributed by atoms with Crippen molar-refractivity contribution in [2.45, 2.75) is 6.42 Å². The second kappa shape index (κ2) is 4.80. The van der Waals surface area contributed by atoms with Crippen molar-refractivity contribution >= 4 is 12.7 Å². The summed E-state index contributed by atoms with van der Waals surface area (Å²) >= 11 is 0. The third-order valence-electron chi connectivity index (χ3n) is 1.90. The van der Waals surface area contributed by atoms with Crippen molar-refractivity contribution in [2.24, 2.45) is 0 Å². The first-order valence-corrected chi connectivity index (χ1v) is 4.27. The summed E-state index contributed by atoms with van der Waals surface area (Å²) in [6.07, 6.45) is 2.33. The third kappa shape index (κ3) is 2.68. The van der Waals surface area contributed by atoms with Crippen LogP contribution in [0, 0.1) is 0 Å². The highest BCUT2D eigenvalue weighted by Crippen LogP contribution is 1.88. The van der Waals surface area contributed by atoms with Gasteiger partial charge in [-0.3, -0.25) is 0 Å². The summed E-state index contributed by atoms with van der Waals surface area (Å²) in [6, 6.07) is 5.73. The average molecular weight is 178 g/mol. The van der Waals surface area contributed by atoms with Gasteiger partial charge in [0.15, 0.2) is 0 Å². The van der Waals surface area contributed by atoms with Crippen molar-refractivity contribution in [3.05, 3.63) is 34.2 Å². The largest absolute Gasteiger partial charge is 0.396 e. The summed E-state index contributed by atoms with van der Waals surface area (Å²) in [5.74, 6) is 0. The molecule has 0 amide bonds. The summed E-state index contributed by atoms with van der Waals surface area (Å²) in [6.45, 7) is 3.95. The van der Waals surface area contributed by atoms with E-state index >= 15 is 0 Å². The Labute approximate surface area is 77.5 Å². The van der Waals surface area contributed by atoms with Crippen LogP contribution in [0.15, 0.2) is 18.2 Å². The standard InChI is InChI=1S/C11H14O2/c1-9-2-3-10(4-6-12)11(8-9)5-7-13/h2-4,8,12-13H,1,5-7H2. The number of benzene rings is 1. The van der Waals surface area contributed by atoms with Crippen LogP contribution in [0.3, 0.4) is 0 Å². The van der Waals surface area contributed by atoms with Crippen molar-refractivity contribution in [2.75, 3.05) is 13.2 Å². The maximum absolute atomic E-state index is 8.81. The molecule has 0 fully saturated rings. The lowest BCUT2D eigenvalue weighted by Crippen LogP contribution is -2.15. The Kier molecular flexibility index (Phi) is 3.68. The zero-order chi connectivity index (χ0) is 9.68. The molecule has 0 aliphatic heterocycles. The molecule has 70 valence electrons. The van der Waals surface area contributed by atoms with Gasteiger partial charge in [-0.15, -0.1) is 0 Å². The topological polar surface area (TPSA) is 40.5 Å². The Balaban J connectivity index is 3.18. The molecule has 0 heterocycles. The molecule has 0 radical (unpaired) electrons. The van der Waals surface area contributed by atoms with Gasteiger partial charge >= 0.3 is 0 Å². The second-order valence-electron chi connectivity index (χ2n) is 2.89. The minimum atomic E-state index is 0.0227. The fraction of sp³-hybridized carbons (Fsp3) is 0.273. The van der Waals surface area contributed by atoms with E-state index in [0.29, 0.717) is 6.42 Å². The molecular weight excluding hydrogens is 164 g/mol. The molecule has 1 aromatic rings. The Bertz CT molecular complexity index is 368. The number of aliphatic hydroxyl groups excluding tert-OH is 2. The minimum absolute atomic E-state index is 0.0227. The quantitative estimate of drug-likeness (QED) is 0.649. The molecule has 1 aromatic carbocycles. The minimum Gasteiger partial charge on any atom is -0.396 e. The van der Waals surface area contributed by atoms with Crippen molar-refractivity contribution in [1.29, 1.82) is 0 Å². The van der Waals surface area contributed by atoms with Crippen LogP contribution in [0.1, 0.15) is 5.56 Å². The maximum Gasteiger partial charge on any atom is 0.0621 e. The molecule has 13 heavy (non-hydrogen) atoms. The summed E-state index contributed by atoms with van der Waals surface area (Å²) in [4.78, 5) is 0. The smallest absolute Gasteiger partial charge is 0.0621 e. The first-order valence-electron chi connectivity index (χ1n) is 4.27. The van der Waals surface area contributed by atoms with E-state index in [1.165, 1.54) is 0 Å². The van der Waals surface area contributed by atoms with Gasteiger partial charge in [-0.2, -0.15) is 0 Å². The van der Waals surface area contributed by atoms with Crippen LogP contribution in [-0.2, 0) is 6.42 Å². The molecule has 0 bridgehead atoms. The second-order valence-corrected chi connectivity index (χ2v) is 2.89. The van der Waals surface area contributed by atoms with Crippen molar-refractivity contribution in [3.63, 3.8) is 0 Å². The van der Waals surface area contributed by atoms with Crippen LogP contribution < -0.4 is 10.4 Å². The Morgan fingerprint density at radius 3 is 2.69 bits per heavy atom. The van der Waals surface area contributed by atoms with Crippen LogP contribution in [-0.4, -0.2) is 23.4 Å². The van der Waals surface area contributed by atoms with E-state index in [0.717, 1.165) is 16.0 Å². The van der Waals surface area contributed by atoms with Crippen molar-refractivity contribution < 1.29 is 10.2 Å². The van der Waals surface area contributed by atoms with Crippen molar-refractivity contribution in [3.8, 4) is 0 Å². The molecule has 0 saturated heterocycles. The van der Waals surface area contributed by atoms with Gasteiger partial charge in [-0.25, -0.2) is 0 Å². The number of hydrogen-bond acceptors (Lipinski definition) is 2. The molecule has 0 spiro atoms. The van der Waals surface area contributed by atoms with E-state index in [9.17, 15) is 0 Å². The van der Waals surface area contributed by atoms with Crippen LogP contribution in [0.5, 0.6) is 0 Å². The van der Waals surface area contributed by atoms with E-state index in [4.69, 9.17) is 10.2 Å². The predicted molar refractivity (Wildman–Crippen MR) is 53.6 cm³/mol. The fourth-order valence-electron chi connectivity index (χ4n) is 1.29. The number of aliphatic hydroxyl groups is 2. The lowest BCUT2D eigenvalue weighted by Gasteiger charge is -1.99. The van der Waals surface area contributed by atoms with Gasteiger partial charge in [0.2, 0.25) is 0 Å². The molecule has 0 aromatic heterocycles. The zero-order valence-electron chi connectivity index (χ0n) is 7.53. The summed E-state index contributed by atoms with van der Waals surface area (Å²) in [5.41, 5.74) is 1.03. The molecule has 0 unspecified atom stereocenters. The first-order chi connectivity index (χ1) is 6.27. The van der Waals surface area contributed by atoms with Crippen LogP contribution in [0.2, 0.25) is 0 Å². The van der Waals surface area contributed by atoms with Gasteiger partial charge in [-0.1, -0.05) is 30.9 Å². The normalized spacial score (nSPS) is 12.0. The molecule has 0 atom stereocenters. The average Bonchev–Trinajstić information content (AvgIpc) is 2.10. The molecule has 2 heteroatoms. The predicted octanol–water partition coefficient (Wildman–Crippen LogP) is -0.596. The van der Waals surface area contributed by atoms with Gasteiger partial charge in [0.1, 0.15) is 0 Å². The molecular formula is C11H14O2. The van der Waals surface area contributed by atoms with Crippen LogP contribution >= 0.6 is 0 Å². The van der Waals surface area contributed by atoms with Gasteiger partial charge in [0, 0.05) is 6.61 Å². The Morgan fingerprint density at radius 2 is 2.08 bits per heavy atom.